The lowest BCUT2D eigenvalue weighted by Gasteiger charge is -2.03. The number of tetrazole rings is 1. The van der Waals surface area contributed by atoms with E-state index in [1.54, 1.807) is 0 Å². The first-order valence-corrected chi connectivity index (χ1v) is 7.37. The van der Waals surface area contributed by atoms with Gasteiger partial charge in [0.2, 0.25) is 11.5 Å². The first kappa shape index (κ1) is 13.6. The third-order valence-electron chi connectivity index (χ3n) is 4.32. The second kappa shape index (κ2) is 4.60. The van der Waals surface area contributed by atoms with Crippen molar-refractivity contribution in [1.29, 1.82) is 0 Å². The van der Waals surface area contributed by atoms with Gasteiger partial charge in [-0.05, 0) is 10.8 Å². The number of aromatic nitrogens is 7. The summed E-state index contributed by atoms with van der Waals surface area (Å²) in [7, 11) is 0. The zero-order valence-corrected chi connectivity index (χ0v) is 12.5. The molecule has 3 heterocycles. The number of hydrogen-bond donors (Lipinski definition) is 3. The van der Waals surface area contributed by atoms with E-state index in [2.05, 4.69) is 30.6 Å². The minimum Gasteiger partial charge on any atom is -0.476 e. The van der Waals surface area contributed by atoms with Crippen molar-refractivity contribution in [1.82, 2.24) is 35.0 Å². The number of rotatable bonds is 2. The fourth-order valence-corrected chi connectivity index (χ4v) is 3.27. The number of aromatic amines is 2. The normalized spacial score (nSPS) is 12.3. The second-order valence-corrected chi connectivity index (χ2v) is 5.64. The summed E-state index contributed by atoms with van der Waals surface area (Å²) in [5.41, 5.74) is 3.44. The Morgan fingerprint density at radius 1 is 1.28 bits per heavy atom. The van der Waals surface area contributed by atoms with E-state index < -0.39 is 11.5 Å². The third kappa shape index (κ3) is 1.78. The number of carbonyl (C=O) groups is 1. The number of fused-ring (bicyclic) bond motifs is 5. The highest BCUT2D eigenvalue weighted by Crippen LogP contribution is 2.39. The van der Waals surface area contributed by atoms with E-state index in [0.717, 1.165) is 22.4 Å². The predicted molar refractivity (Wildman–Crippen MR) is 84.2 cm³/mol. The lowest BCUT2D eigenvalue weighted by molar-refractivity contribution is 0.0691. The third-order valence-corrected chi connectivity index (χ3v) is 4.32. The van der Waals surface area contributed by atoms with Crippen molar-refractivity contribution in [2.45, 2.75) is 6.42 Å². The molecular weight excluding hydrogens is 326 g/mol. The average molecular weight is 335 g/mol. The molecule has 0 amide bonds. The molecule has 0 saturated heterocycles. The highest BCUT2D eigenvalue weighted by Gasteiger charge is 2.27. The molecule has 10 heteroatoms. The van der Waals surface area contributed by atoms with Crippen LogP contribution in [0.3, 0.4) is 0 Å². The summed E-state index contributed by atoms with van der Waals surface area (Å²) < 4.78 is 1.54. The molecule has 0 bridgehead atoms. The molecule has 122 valence electrons. The van der Waals surface area contributed by atoms with Crippen LogP contribution in [-0.2, 0) is 6.42 Å². The first-order chi connectivity index (χ1) is 12.1. The Morgan fingerprint density at radius 3 is 2.88 bits per heavy atom. The summed E-state index contributed by atoms with van der Waals surface area (Å²) in [6, 6.07) is 5.61. The number of nitrogens with zero attached hydrogens (tertiary/aromatic N) is 5. The molecule has 3 N–H and O–H groups in total. The van der Waals surface area contributed by atoms with Crippen LogP contribution in [0.25, 0.3) is 28.3 Å². The maximum absolute atomic E-state index is 12.3. The fraction of sp³-hybridized carbons (Fsp3) is 0.0667. The molecule has 0 unspecified atom stereocenters. The van der Waals surface area contributed by atoms with Crippen LogP contribution in [0.15, 0.2) is 29.2 Å². The molecule has 0 saturated carbocycles. The number of benzene rings is 1. The van der Waals surface area contributed by atoms with Gasteiger partial charge in [-0.3, -0.25) is 9.20 Å². The molecule has 0 aliphatic heterocycles. The van der Waals surface area contributed by atoms with Crippen LogP contribution in [0.2, 0.25) is 0 Å². The zero-order valence-electron chi connectivity index (χ0n) is 12.5. The smallest absolute Gasteiger partial charge is 0.356 e. The van der Waals surface area contributed by atoms with Gasteiger partial charge in [0.15, 0.2) is 5.69 Å². The van der Waals surface area contributed by atoms with Gasteiger partial charge < -0.3 is 10.1 Å². The number of imidazole rings is 1. The Kier molecular flexibility index (Phi) is 2.50. The molecule has 0 atom stereocenters. The van der Waals surface area contributed by atoms with Crippen LogP contribution < -0.4 is 5.56 Å². The maximum atomic E-state index is 12.3. The van der Waals surface area contributed by atoms with Gasteiger partial charge in [0.25, 0.3) is 5.56 Å². The summed E-state index contributed by atoms with van der Waals surface area (Å²) in [6.45, 7) is 0. The van der Waals surface area contributed by atoms with Gasteiger partial charge >= 0.3 is 5.97 Å². The Morgan fingerprint density at radius 2 is 2.12 bits per heavy atom. The molecule has 1 aliphatic carbocycles. The SMILES string of the molecule is O=C(O)c1cn2c3c([nH]c(=O)c2n1)-c1cccc(-c2nn[nH]n2)c1C3. The Bertz CT molecular complexity index is 1220. The van der Waals surface area contributed by atoms with Crippen LogP contribution in [0.5, 0.6) is 0 Å². The van der Waals surface area contributed by atoms with Crippen molar-refractivity contribution < 1.29 is 9.90 Å². The van der Waals surface area contributed by atoms with Gasteiger partial charge in [-0.15, -0.1) is 10.2 Å². The molecule has 3 aromatic heterocycles. The standard InChI is InChI=1S/C15H9N7O3/c23-14-13-16-9(15(24)25)5-22(13)10-4-8-6(11(10)17-14)2-1-3-7(8)12-18-20-21-19-12/h1-3,5H,4H2,(H,17,23)(H,24,25)(H,18,19,20,21). The van der Waals surface area contributed by atoms with Gasteiger partial charge in [-0.1, -0.05) is 18.2 Å². The number of carboxylic acids is 1. The van der Waals surface area contributed by atoms with Crippen molar-refractivity contribution in [2.24, 2.45) is 0 Å². The van der Waals surface area contributed by atoms with E-state index in [4.69, 9.17) is 5.11 Å². The van der Waals surface area contributed by atoms with Gasteiger partial charge in [-0.2, -0.15) is 5.21 Å². The van der Waals surface area contributed by atoms with E-state index >= 15 is 0 Å². The van der Waals surface area contributed by atoms with Gasteiger partial charge in [0, 0.05) is 23.7 Å². The average Bonchev–Trinajstić information content (AvgIpc) is 3.32. The quantitative estimate of drug-likeness (QED) is 0.425. The molecule has 1 aliphatic rings. The number of hydrogen-bond acceptors (Lipinski definition) is 6. The largest absolute Gasteiger partial charge is 0.476 e. The fourth-order valence-electron chi connectivity index (χ4n) is 3.27. The van der Waals surface area contributed by atoms with Crippen LogP contribution in [0.4, 0.5) is 0 Å². The number of nitrogens with one attached hydrogen (secondary N) is 2. The zero-order chi connectivity index (χ0) is 17.1. The van der Waals surface area contributed by atoms with Crippen molar-refractivity contribution in [3.8, 4) is 22.6 Å². The van der Waals surface area contributed by atoms with Crippen molar-refractivity contribution in [3.05, 3.63) is 51.7 Å². The molecule has 10 nitrogen and oxygen atoms in total. The minimum atomic E-state index is -1.18. The van der Waals surface area contributed by atoms with Crippen LogP contribution in [-0.4, -0.2) is 46.1 Å². The molecular formula is C15H9N7O3. The van der Waals surface area contributed by atoms with E-state index in [-0.39, 0.29) is 11.3 Å². The lowest BCUT2D eigenvalue weighted by Crippen LogP contribution is -2.13. The molecule has 1 aromatic carbocycles. The molecule has 0 spiro atoms. The van der Waals surface area contributed by atoms with Gasteiger partial charge in [0.1, 0.15) is 0 Å². The van der Waals surface area contributed by atoms with Crippen molar-refractivity contribution >= 4 is 11.6 Å². The lowest BCUT2D eigenvalue weighted by atomic mass is 10.0. The molecule has 5 rings (SSSR count). The summed E-state index contributed by atoms with van der Waals surface area (Å²) in [4.78, 5) is 30.2. The van der Waals surface area contributed by atoms with Crippen LogP contribution >= 0.6 is 0 Å². The number of carboxylic acid groups (broad SMARTS) is 1. The molecule has 4 aromatic rings. The Hall–Kier alpha value is -3.82. The summed E-state index contributed by atoms with van der Waals surface area (Å²) in [5.74, 6) is -0.722. The Balaban J connectivity index is 1.80. The Labute approximate surface area is 138 Å². The van der Waals surface area contributed by atoms with Crippen molar-refractivity contribution in [3.63, 3.8) is 0 Å². The number of aromatic carboxylic acids is 1. The van der Waals surface area contributed by atoms with E-state index in [9.17, 15) is 9.59 Å². The van der Waals surface area contributed by atoms with E-state index in [0.29, 0.717) is 17.9 Å². The highest BCUT2D eigenvalue weighted by atomic mass is 16.4. The predicted octanol–water partition coefficient (Wildman–Crippen LogP) is 0.472. The maximum Gasteiger partial charge on any atom is 0.356 e. The topological polar surface area (TPSA) is 142 Å². The van der Waals surface area contributed by atoms with Gasteiger partial charge in [-0.25, -0.2) is 9.78 Å². The van der Waals surface area contributed by atoms with Gasteiger partial charge in [0.05, 0.1) is 11.4 Å². The highest BCUT2D eigenvalue weighted by molar-refractivity contribution is 5.86. The molecule has 25 heavy (non-hydrogen) atoms. The summed E-state index contributed by atoms with van der Waals surface area (Å²) in [5, 5.41) is 23.2. The molecule has 0 fully saturated rings. The number of H-pyrrole nitrogens is 2. The minimum absolute atomic E-state index is 0.0602. The van der Waals surface area contributed by atoms with E-state index in [1.165, 1.54) is 10.6 Å². The van der Waals surface area contributed by atoms with E-state index in [1.807, 2.05) is 18.2 Å². The second-order valence-electron chi connectivity index (χ2n) is 5.64. The first-order valence-electron chi connectivity index (χ1n) is 7.37. The molecule has 0 radical (unpaired) electrons. The monoisotopic (exact) mass is 335 g/mol. The van der Waals surface area contributed by atoms with Crippen molar-refractivity contribution in [2.75, 3.05) is 0 Å². The van der Waals surface area contributed by atoms with Crippen LogP contribution in [0, 0.1) is 0 Å². The summed E-state index contributed by atoms with van der Waals surface area (Å²) in [6.07, 6.45) is 1.85. The summed E-state index contributed by atoms with van der Waals surface area (Å²) >= 11 is 0. The van der Waals surface area contributed by atoms with Crippen LogP contribution in [0.1, 0.15) is 21.7 Å².